The van der Waals surface area contributed by atoms with Crippen LogP contribution in [0.15, 0.2) is 60.7 Å². The Bertz CT molecular complexity index is 1410. The van der Waals surface area contributed by atoms with E-state index in [4.69, 9.17) is 28.0 Å². The van der Waals surface area contributed by atoms with Crippen molar-refractivity contribution in [2.45, 2.75) is 6.42 Å². The molecule has 4 aromatic rings. The lowest BCUT2D eigenvalue weighted by Gasteiger charge is -2.09. The van der Waals surface area contributed by atoms with Crippen molar-refractivity contribution in [3.8, 4) is 16.6 Å². The molecule has 5 N–H and O–H groups in total. The van der Waals surface area contributed by atoms with Crippen molar-refractivity contribution in [3.05, 3.63) is 82.4 Å². The smallest absolute Gasteiger partial charge is 0.228 e. The number of amides is 1. The minimum Gasteiger partial charge on any atom is -0.398 e. The normalized spacial score (nSPS) is 10.4. The third-order valence-electron chi connectivity index (χ3n) is 4.87. The first-order valence-electron chi connectivity index (χ1n) is 10.0. The number of hydrogen-bond acceptors (Lipinski definition) is 8. The Kier molecular flexibility index (Phi) is 6.82. The zero-order valence-corrected chi connectivity index (χ0v) is 19.2. The first-order valence-corrected chi connectivity index (χ1v) is 11.2. The van der Waals surface area contributed by atoms with Crippen LogP contribution < -0.4 is 16.4 Å². The highest BCUT2D eigenvalue weighted by molar-refractivity contribution is 7.18. The molecule has 0 aliphatic rings. The van der Waals surface area contributed by atoms with Crippen LogP contribution in [0.4, 0.5) is 22.2 Å². The van der Waals surface area contributed by atoms with Crippen molar-refractivity contribution in [2.75, 3.05) is 16.4 Å². The SMILES string of the molecule is N#Cc1ccc(CC(=O)Nc2cccc(-c3nnc(Nc4ccc(N)c(C=N)c4Cl)s3)c2)cc1. The van der Waals surface area contributed by atoms with Gasteiger partial charge in [-0.1, -0.05) is 47.2 Å². The Balaban J connectivity index is 1.45. The van der Waals surface area contributed by atoms with Gasteiger partial charge in [-0.25, -0.2) is 0 Å². The fourth-order valence-electron chi connectivity index (χ4n) is 3.17. The molecule has 10 heteroatoms. The molecule has 0 radical (unpaired) electrons. The Morgan fingerprint density at radius 3 is 2.71 bits per heavy atom. The molecule has 1 heterocycles. The van der Waals surface area contributed by atoms with Crippen LogP contribution in [0, 0.1) is 16.7 Å². The summed E-state index contributed by atoms with van der Waals surface area (Å²) in [4.78, 5) is 12.5. The fraction of sp³-hybridized carbons (Fsp3) is 0.0417. The average Bonchev–Trinajstić information content (AvgIpc) is 3.30. The summed E-state index contributed by atoms with van der Waals surface area (Å²) >= 11 is 7.66. The molecule has 8 nitrogen and oxygen atoms in total. The van der Waals surface area contributed by atoms with E-state index in [1.807, 2.05) is 18.2 Å². The number of nitriles is 1. The maximum absolute atomic E-state index is 12.5. The number of anilines is 4. The van der Waals surface area contributed by atoms with Crippen molar-refractivity contribution in [3.63, 3.8) is 0 Å². The zero-order valence-electron chi connectivity index (χ0n) is 17.7. The molecule has 0 atom stereocenters. The van der Waals surface area contributed by atoms with Gasteiger partial charge in [0.05, 0.1) is 28.8 Å². The second-order valence-electron chi connectivity index (χ2n) is 7.23. The average molecular weight is 488 g/mol. The first-order chi connectivity index (χ1) is 16.5. The van der Waals surface area contributed by atoms with E-state index in [1.54, 1.807) is 42.5 Å². The van der Waals surface area contributed by atoms with Gasteiger partial charge in [0.25, 0.3) is 0 Å². The van der Waals surface area contributed by atoms with Gasteiger partial charge in [-0.15, -0.1) is 10.2 Å². The molecule has 3 aromatic carbocycles. The number of carbonyl (C=O) groups excluding carboxylic acids is 1. The predicted molar refractivity (Wildman–Crippen MR) is 136 cm³/mol. The van der Waals surface area contributed by atoms with E-state index in [2.05, 4.69) is 26.9 Å². The standard InChI is InChI=1S/C24H18ClN7OS/c25-22-18(13-27)19(28)8-9-20(22)30-24-32-31-23(34-24)16-2-1-3-17(11-16)29-21(33)10-14-4-6-15(12-26)7-5-14/h1-9,11,13,27H,10,28H2,(H,29,33)(H,30,32). The second kappa shape index (κ2) is 10.1. The lowest BCUT2D eigenvalue weighted by atomic mass is 10.1. The highest BCUT2D eigenvalue weighted by atomic mass is 35.5. The lowest BCUT2D eigenvalue weighted by molar-refractivity contribution is -0.115. The minimum absolute atomic E-state index is 0.165. The van der Waals surface area contributed by atoms with Crippen LogP contribution in [0.1, 0.15) is 16.7 Å². The molecule has 0 spiro atoms. The van der Waals surface area contributed by atoms with E-state index in [9.17, 15) is 4.79 Å². The van der Waals surface area contributed by atoms with Gasteiger partial charge in [0.2, 0.25) is 11.0 Å². The molecule has 0 bridgehead atoms. The molecular weight excluding hydrogens is 470 g/mol. The lowest BCUT2D eigenvalue weighted by Crippen LogP contribution is -2.14. The number of halogens is 1. The number of nitrogens with zero attached hydrogens (tertiary/aromatic N) is 3. The molecule has 0 fully saturated rings. The van der Waals surface area contributed by atoms with Gasteiger partial charge in [-0.2, -0.15) is 5.26 Å². The van der Waals surface area contributed by atoms with Crippen molar-refractivity contribution in [1.29, 1.82) is 10.7 Å². The third-order valence-corrected chi connectivity index (χ3v) is 6.16. The largest absolute Gasteiger partial charge is 0.398 e. The van der Waals surface area contributed by atoms with E-state index in [-0.39, 0.29) is 12.3 Å². The summed E-state index contributed by atoms with van der Waals surface area (Å²) in [6.45, 7) is 0. The maximum Gasteiger partial charge on any atom is 0.228 e. The topological polar surface area (TPSA) is 141 Å². The Morgan fingerprint density at radius 2 is 1.97 bits per heavy atom. The number of nitrogens with one attached hydrogen (secondary N) is 3. The van der Waals surface area contributed by atoms with E-state index >= 15 is 0 Å². The molecule has 34 heavy (non-hydrogen) atoms. The Labute approximate surface area is 204 Å². The van der Waals surface area contributed by atoms with Crippen LogP contribution in [0.2, 0.25) is 5.02 Å². The maximum atomic E-state index is 12.5. The number of hydrogen-bond donors (Lipinski definition) is 4. The van der Waals surface area contributed by atoms with Gasteiger partial charge in [0.15, 0.2) is 0 Å². The predicted octanol–water partition coefficient (Wildman–Crippen LogP) is 5.23. The second-order valence-corrected chi connectivity index (χ2v) is 8.58. The zero-order chi connectivity index (χ0) is 24.1. The molecule has 0 saturated heterocycles. The van der Waals surface area contributed by atoms with Crippen LogP contribution in [0.5, 0.6) is 0 Å². The summed E-state index contributed by atoms with van der Waals surface area (Å²) in [6.07, 6.45) is 1.30. The van der Waals surface area contributed by atoms with Crippen LogP contribution in [0.3, 0.4) is 0 Å². The van der Waals surface area contributed by atoms with Gasteiger partial charge in [0.1, 0.15) is 5.01 Å². The monoisotopic (exact) mass is 487 g/mol. The van der Waals surface area contributed by atoms with Crippen LogP contribution in [-0.2, 0) is 11.2 Å². The highest BCUT2D eigenvalue weighted by Crippen LogP contribution is 2.34. The molecule has 1 amide bonds. The van der Waals surface area contributed by atoms with Crippen molar-refractivity contribution >= 4 is 57.3 Å². The molecule has 0 unspecified atom stereocenters. The van der Waals surface area contributed by atoms with Crippen LogP contribution >= 0.6 is 22.9 Å². The highest BCUT2D eigenvalue weighted by Gasteiger charge is 2.13. The van der Waals surface area contributed by atoms with E-state index in [1.165, 1.54) is 11.3 Å². The summed E-state index contributed by atoms with van der Waals surface area (Å²) in [7, 11) is 0. The minimum atomic E-state index is -0.165. The van der Waals surface area contributed by atoms with Gasteiger partial charge in [0, 0.05) is 28.7 Å². The molecule has 4 rings (SSSR count). The summed E-state index contributed by atoms with van der Waals surface area (Å²) in [5, 5.41) is 32.3. The van der Waals surface area contributed by atoms with Crippen molar-refractivity contribution in [2.24, 2.45) is 0 Å². The number of nitrogens with two attached hydrogens (primary N) is 1. The first kappa shape index (κ1) is 22.9. The summed E-state index contributed by atoms with van der Waals surface area (Å²) in [5.74, 6) is -0.165. The number of carbonyl (C=O) groups is 1. The molecular formula is C24H18ClN7OS. The number of aromatic nitrogens is 2. The van der Waals surface area contributed by atoms with Gasteiger partial charge < -0.3 is 21.8 Å². The van der Waals surface area contributed by atoms with E-state index in [0.717, 1.165) is 17.3 Å². The number of benzene rings is 3. The van der Waals surface area contributed by atoms with Crippen LogP contribution in [-0.4, -0.2) is 22.3 Å². The van der Waals surface area contributed by atoms with Gasteiger partial charge >= 0.3 is 0 Å². The van der Waals surface area contributed by atoms with E-state index < -0.39 is 0 Å². The molecule has 0 saturated carbocycles. The number of nitrogen functional groups attached to an aromatic ring is 1. The molecule has 0 aliphatic carbocycles. The fourth-order valence-corrected chi connectivity index (χ4v) is 4.20. The molecule has 1 aromatic heterocycles. The van der Waals surface area contributed by atoms with Crippen LogP contribution in [0.25, 0.3) is 10.6 Å². The molecule has 0 aliphatic heterocycles. The van der Waals surface area contributed by atoms with Crippen molar-refractivity contribution in [1.82, 2.24) is 10.2 Å². The summed E-state index contributed by atoms with van der Waals surface area (Å²) < 4.78 is 0. The Hall–Kier alpha value is -4.26. The Morgan fingerprint density at radius 1 is 1.18 bits per heavy atom. The summed E-state index contributed by atoms with van der Waals surface area (Å²) in [6, 6.07) is 19.7. The third kappa shape index (κ3) is 5.20. The quantitative estimate of drug-likeness (QED) is 0.207. The van der Waals surface area contributed by atoms with Crippen molar-refractivity contribution < 1.29 is 4.79 Å². The molecule has 168 valence electrons. The number of rotatable bonds is 7. The summed E-state index contributed by atoms with van der Waals surface area (Å²) in [5.41, 5.74) is 10.1. The van der Waals surface area contributed by atoms with Gasteiger partial charge in [-0.05, 0) is 42.0 Å². The van der Waals surface area contributed by atoms with E-state index in [0.29, 0.717) is 43.4 Å². The van der Waals surface area contributed by atoms with Gasteiger partial charge in [-0.3, -0.25) is 4.79 Å².